The topological polar surface area (TPSA) is 26.0 Å². The number of nitrogens with two attached hydrogens (primary N) is 1. The van der Waals surface area contributed by atoms with Gasteiger partial charge in [0.25, 0.3) is 5.92 Å². The van der Waals surface area contributed by atoms with E-state index in [1.54, 1.807) is 0 Å². The molecule has 0 radical (unpaired) electrons. The maximum absolute atomic E-state index is 12.6. The van der Waals surface area contributed by atoms with Gasteiger partial charge >= 0.3 is 0 Å². The van der Waals surface area contributed by atoms with Crippen LogP contribution in [0.2, 0.25) is 0 Å². The van der Waals surface area contributed by atoms with Gasteiger partial charge in [0.15, 0.2) is 0 Å². The summed E-state index contributed by atoms with van der Waals surface area (Å²) in [5.41, 5.74) is 5.35. The van der Waals surface area contributed by atoms with Crippen molar-refractivity contribution in [1.29, 1.82) is 0 Å². The zero-order valence-corrected chi connectivity index (χ0v) is 7.38. The first-order valence-electron chi connectivity index (χ1n) is 4.06. The zero-order chi connectivity index (χ0) is 10.6. The van der Waals surface area contributed by atoms with Gasteiger partial charge in [0.1, 0.15) is 5.82 Å². The third-order valence-electron chi connectivity index (χ3n) is 1.66. The van der Waals surface area contributed by atoms with Crippen LogP contribution in [0.15, 0.2) is 30.3 Å². The second-order valence-electron chi connectivity index (χ2n) is 2.85. The minimum absolute atomic E-state index is 0.396. The Morgan fingerprint density at radius 3 is 2.29 bits per heavy atom. The first-order valence-corrected chi connectivity index (χ1v) is 4.06. The van der Waals surface area contributed by atoms with Crippen LogP contribution in [0.1, 0.15) is 5.56 Å². The van der Waals surface area contributed by atoms with E-state index in [9.17, 15) is 13.2 Å². The Kier molecular flexibility index (Phi) is 3.30. The lowest BCUT2D eigenvalue weighted by Crippen LogP contribution is -2.24. The molecule has 0 amide bonds. The van der Waals surface area contributed by atoms with Crippen molar-refractivity contribution >= 4 is 6.08 Å². The molecule has 2 N–H and O–H groups in total. The molecule has 0 heterocycles. The Balaban J connectivity index is 2.74. The molecule has 0 atom stereocenters. The van der Waals surface area contributed by atoms with Gasteiger partial charge < -0.3 is 5.73 Å². The standard InChI is InChI=1S/C10H10F3N/c11-9-3-1-8(2-4-9)5-6-10(12,13)7-14/h1-6H,7,14H2/b6-5+. The molecule has 0 aromatic heterocycles. The van der Waals surface area contributed by atoms with Crippen LogP contribution in [0, 0.1) is 5.82 Å². The van der Waals surface area contributed by atoms with Crippen molar-refractivity contribution < 1.29 is 13.2 Å². The van der Waals surface area contributed by atoms with Gasteiger partial charge in [-0.1, -0.05) is 18.2 Å². The van der Waals surface area contributed by atoms with Crippen LogP contribution < -0.4 is 5.73 Å². The summed E-state index contributed by atoms with van der Waals surface area (Å²) < 4.78 is 37.7. The van der Waals surface area contributed by atoms with Crippen molar-refractivity contribution in [2.75, 3.05) is 6.54 Å². The average molecular weight is 201 g/mol. The van der Waals surface area contributed by atoms with Crippen LogP contribution in [0.3, 0.4) is 0 Å². The predicted molar refractivity (Wildman–Crippen MR) is 49.4 cm³/mol. The van der Waals surface area contributed by atoms with Crippen LogP contribution in [-0.4, -0.2) is 12.5 Å². The molecule has 0 aliphatic carbocycles. The number of alkyl halides is 2. The smallest absolute Gasteiger partial charge is 0.278 e. The third kappa shape index (κ3) is 3.22. The van der Waals surface area contributed by atoms with E-state index < -0.39 is 18.3 Å². The molecule has 0 saturated carbocycles. The van der Waals surface area contributed by atoms with E-state index in [0.29, 0.717) is 11.6 Å². The molecular weight excluding hydrogens is 191 g/mol. The Bertz CT molecular complexity index is 317. The monoisotopic (exact) mass is 201 g/mol. The highest BCUT2D eigenvalue weighted by Crippen LogP contribution is 2.15. The zero-order valence-electron chi connectivity index (χ0n) is 7.38. The van der Waals surface area contributed by atoms with Gasteiger partial charge in [0.2, 0.25) is 0 Å². The van der Waals surface area contributed by atoms with E-state index in [0.717, 1.165) is 0 Å². The fraction of sp³-hybridized carbons (Fsp3) is 0.200. The van der Waals surface area contributed by atoms with Crippen LogP contribution in [0.25, 0.3) is 6.08 Å². The lowest BCUT2D eigenvalue weighted by atomic mass is 10.2. The fourth-order valence-corrected chi connectivity index (χ4v) is 0.860. The number of halogens is 3. The fourth-order valence-electron chi connectivity index (χ4n) is 0.860. The molecule has 0 spiro atoms. The highest BCUT2D eigenvalue weighted by atomic mass is 19.3. The van der Waals surface area contributed by atoms with E-state index in [4.69, 9.17) is 5.73 Å². The summed E-state index contributed by atoms with van der Waals surface area (Å²) in [5, 5.41) is 0. The third-order valence-corrected chi connectivity index (χ3v) is 1.66. The van der Waals surface area contributed by atoms with Crippen LogP contribution in [0.4, 0.5) is 13.2 Å². The van der Waals surface area contributed by atoms with Crippen molar-refractivity contribution in [3.63, 3.8) is 0 Å². The molecule has 76 valence electrons. The van der Waals surface area contributed by atoms with Gasteiger partial charge in [0, 0.05) is 0 Å². The number of rotatable bonds is 3. The molecule has 1 nitrogen and oxygen atoms in total. The predicted octanol–water partition coefficient (Wildman–Crippen LogP) is 2.43. The molecular formula is C10H10F3N. The summed E-state index contributed by atoms with van der Waals surface area (Å²) in [6.45, 7) is -0.731. The SMILES string of the molecule is NCC(F)(F)/C=C/c1ccc(F)cc1. The normalized spacial score (nSPS) is 12.3. The van der Waals surface area contributed by atoms with Gasteiger partial charge in [-0.05, 0) is 23.8 Å². The molecule has 1 aromatic carbocycles. The van der Waals surface area contributed by atoms with E-state index in [1.807, 2.05) is 0 Å². The van der Waals surface area contributed by atoms with Crippen LogP contribution >= 0.6 is 0 Å². The van der Waals surface area contributed by atoms with Gasteiger partial charge in [-0.15, -0.1) is 0 Å². The quantitative estimate of drug-likeness (QED) is 0.798. The summed E-state index contributed by atoms with van der Waals surface area (Å²) in [5.74, 6) is -3.40. The van der Waals surface area contributed by atoms with Crippen molar-refractivity contribution in [1.82, 2.24) is 0 Å². The maximum atomic E-state index is 12.6. The summed E-state index contributed by atoms with van der Waals surface area (Å²) in [6.07, 6.45) is 1.92. The van der Waals surface area contributed by atoms with Crippen molar-refractivity contribution in [3.05, 3.63) is 41.7 Å². The molecule has 0 unspecified atom stereocenters. The van der Waals surface area contributed by atoms with Gasteiger partial charge in [-0.3, -0.25) is 0 Å². The van der Waals surface area contributed by atoms with Crippen molar-refractivity contribution in [2.45, 2.75) is 5.92 Å². The van der Waals surface area contributed by atoms with Crippen molar-refractivity contribution in [3.8, 4) is 0 Å². The average Bonchev–Trinajstić information content (AvgIpc) is 2.17. The molecule has 0 fully saturated rings. The molecule has 0 aliphatic rings. The second kappa shape index (κ2) is 4.28. The summed E-state index contributed by atoms with van der Waals surface area (Å²) in [6, 6.07) is 5.25. The summed E-state index contributed by atoms with van der Waals surface area (Å²) in [4.78, 5) is 0. The minimum atomic E-state index is -3.01. The lowest BCUT2D eigenvalue weighted by molar-refractivity contribution is 0.0662. The number of benzene rings is 1. The number of hydrogen-bond acceptors (Lipinski definition) is 1. The van der Waals surface area contributed by atoms with Gasteiger partial charge in [-0.25, -0.2) is 13.2 Å². The van der Waals surface area contributed by atoms with Crippen LogP contribution in [-0.2, 0) is 0 Å². The highest BCUT2D eigenvalue weighted by Gasteiger charge is 2.21. The largest absolute Gasteiger partial charge is 0.325 e. The summed E-state index contributed by atoms with van der Waals surface area (Å²) >= 11 is 0. The first-order chi connectivity index (χ1) is 6.53. The Labute approximate surface area is 80.0 Å². The van der Waals surface area contributed by atoms with Crippen molar-refractivity contribution in [2.24, 2.45) is 5.73 Å². The van der Waals surface area contributed by atoms with E-state index in [-0.39, 0.29) is 0 Å². The summed E-state index contributed by atoms with van der Waals surface area (Å²) in [7, 11) is 0. The van der Waals surface area contributed by atoms with E-state index in [1.165, 1.54) is 30.3 Å². The first kappa shape index (κ1) is 10.8. The highest BCUT2D eigenvalue weighted by molar-refractivity contribution is 5.49. The lowest BCUT2D eigenvalue weighted by Gasteiger charge is -2.06. The molecule has 0 aliphatic heterocycles. The molecule has 1 aromatic rings. The molecule has 1 rings (SSSR count). The van der Waals surface area contributed by atoms with Gasteiger partial charge in [-0.2, -0.15) is 0 Å². The minimum Gasteiger partial charge on any atom is -0.325 e. The molecule has 0 saturated heterocycles. The Morgan fingerprint density at radius 2 is 1.79 bits per heavy atom. The maximum Gasteiger partial charge on any atom is 0.278 e. The van der Waals surface area contributed by atoms with Gasteiger partial charge in [0.05, 0.1) is 6.54 Å². The molecule has 4 heteroatoms. The molecule has 0 bridgehead atoms. The Hall–Kier alpha value is -1.29. The number of hydrogen-bond donors (Lipinski definition) is 1. The Morgan fingerprint density at radius 1 is 1.21 bits per heavy atom. The van der Waals surface area contributed by atoms with Crippen LogP contribution in [0.5, 0.6) is 0 Å². The van der Waals surface area contributed by atoms with E-state index >= 15 is 0 Å². The molecule has 14 heavy (non-hydrogen) atoms. The second-order valence-corrected chi connectivity index (χ2v) is 2.85. The van der Waals surface area contributed by atoms with E-state index in [2.05, 4.69) is 0 Å².